The van der Waals surface area contributed by atoms with Gasteiger partial charge in [-0.1, -0.05) is 0 Å². The lowest BCUT2D eigenvalue weighted by atomic mass is 10.1. The molecule has 0 saturated carbocycles. The Balaban J connectivity index is 4.69. The number of hydrogen-bond donors (Lipinski definition) is 12. The number of carbonyl (C=O) groups is 8. The summed E-state index contributed by atoms with van der Waals surface area (Å²) in [4.78, 5) is 103. The first-order valence-electron chi connectivity index (χ1n) is 18.0. The molecule has 0 aliphatic carbocycles. The third kappa shape index (κ3) is 23.5. The first-order chi connectivity index (χ1) is 25.3. The van der Waals surface area contributed by atoms with Gasteiger partial charge >= 0.3 is 5.97 Å². The Labute approximate surface area is 316 Å². The van der Waals surface area contributed by atoms with Gasteiger partial charge in [0.25, 0.3) is 0 Å². The molecule has 0 fully saturated rings. The molecule has 0 radical (unpaired) electrons. The van der Waals surface area contributed by atoms with E-state index in [9.17, 15) is 43.5 Å². The van der Waals surface area contributed by atoms with Crippen molar-refractivity contribution in [3.8, 4) is 0 Å². The van der Waals surface area contributed by atoms with Crippen LogP contribution in [-0.2, 0) is 38.4 Å². The van der Waals surface area contributed by atoms with E-state index in [2.05, 4.69) is 42.2 Å². The van der Waals surface area contributed by atoms with Crippen LogP contribution in [0.4, 0.5) is 0 Å². The van der Waals surface area contributed by atoms with Gasteiger partial charge in [-0.15, -0.1) is 0 Å². The smallest absolute Gasteiger partial charge is 0.326 e. The van der Waals surface area contributed by atoms with E-state index in [1.165, 1.54) is 6.92 Å². The molecule has 0 rings (SSSR count). The Morgan fingerprint density at radius 2 is 0.963 bits per heavy atom. The average molecular weight is 771 g/mol. The molecule has 0 aliphatic rings. The molecule has 16 N–H and O–H groups in total. The van der Waals surface area contributed by atoms with Gasteiger partial charge in [0.05, 0.1) is 6.54 Å². The van der Waals surface area contributed by atoms with Crippen molar-refractivity contribution in [1.82, 2.24) is 37.2 Å². The molecule has 308 valence electrons. The molecular formula is C33H62N12O9. The predicted octanol–water partition coefficient (Wildman–Crippen LogP) is -3.73. The fourth-order valence-electron chi connectivity index (χ4n) is 5.09. The zero-order chi connectivity index (χ0) is 41.4. The van der Waals surface area contributed by atoms with Crippen molar-refractivity contribution < 1.29 is 43.5 Å². The van der Waals surface area contributed by atoms with Gasteiger partial charge in [-0.25, -0.2) is 4.79 Å². The third-order valence-corrected chi connectivity index (χ3v) is 7.69. The number of guanidine groups is 1. The maximum absolute atomic E-state index is 12.8. The van der Waals surface area contributed by atoms with Crippen molar-refractivity contribution in [2.45, 2.75) is 135 Å². The molecule has 54 heavy (non-hydrogen) atoms. The fourth-order valence-corrected chi connectivity index (χ4v) is 5.09. The monoisotopic (exact) mass is 770 g/mol. The Hall–Kier alpha value is -5.05. The Bertz CT molecular complexity index is 1300. The van der Waals surface area contributed by atoms with Crippen LogP contribution in [0.3, 0.4) is 0 Å². The highest BCUT2D eigenvalue weighted by Gasteiger charge is 2.26. The van der Waals surface area contributed by atoms with Crippen LogP contribution < -0.4 is 60.2 Å². The second kappa shape index (κ2) is 26.7. The highest BCUT2D eigenvalue weighted by molar-refractivity contribution is 5.92. The van der Waals surface area contributed by atoms with Gasteiger partial charge < -0.3 is 65.3 Å². The van der Waals surface area contributed by atoms with Gasteiger partial charge in [-0.05, 0) is 73.3 Å². The van der Waals surface area contributed by atoms with Crippen LogP contribution >= 0.6 is 0 Å². The van der Waals surface area contributed by atoms with E-state index in [0.29, 0.717) is 25.8 Å². The summed E-state index contributed by atoms with van der Waals surface area (Å²) >= 11 is 0. The lowest BCUT2D eigenvalue weighted by Gasteiger charge is -2.22. The van der Waals surface area contributed by atoms with Gasteiger partial charge in [0.2, 0.25) is 41.4 Å². The van der Waals surface area contributed by atoms with E-state index in [1.54, 1.807) is 27.7 Å². The Morgan fingerprint density at radius 3 is 1.39 bits per heavy atom. The summed E-state index contributed by atoms with van der Waals surface area (Å²) in [5.74, 6) is -4.83. The second-order valence-electron chi connectivity index (χ2n) is 13.4. The lowest BCUT2D eigenvalue weighted by Crippen LogP contribution is -2.54. The van der Waals surface area contributed by atoms with Crippen molar-refractivity contribution in [1.29, 1.82) is 0 Å². The van der Waals surface area contributed by atoms with Gasteiger partial charge in [-0.2, -0.15) is 0 Å². The summed E-state index contributed by atoms with van der Waals surface area (Å²) in [6.07, 6.45) is 1.52. The highest BCUT2D eigenvalue weighted by Crippen LogP contribution is 2.04. The number of carboxylic acids is 1. The zero-order valence-electron chi connectivity index (χ0n) is 32.0. The molecule has 0 bridgehead atoms. The number of unbranched alkanes of at least 4 members (excludes halogenated alkanes) is 1. The van der Waals surface area contributed by atoms with Crippen LogP contribution in [0.25, 0.3) is 0 Å². The number of carboxylic acid groups (broad SMARTS) is 1. The maximum atomic E-state index is 12.8. The standard InChI is InChI=1S/C33H62N12O9/c1-18(13-26(47)41-20(3)15-28(49)45-24(32(53)54)9-6-7-11-34)39-25(46)14-19(2)40-27(48)16-21(4)42-30(51)22(5)43-31(52)23(44-29(50)17-35)10-8-12-38-33(36)37/h18-24H,6-17,34-35H2,1-5H3,(H,39,46)(H,40,48)(H,41,47)(H,42,51)(H,43,52)(H,44,50)(H,45,49)(H,53,54)(H4,36,37,38)/t18-,19-,20-,21-,22+,23+,24+/m1/s1. The van der Waals surface area contributed by atoms with Crippen LogP contribution in [0.5, 0.6) is 0 Å². The van der Waals surface area contributed by atoms with Gasteiger partial charge in [0, 0.05) is 56.4 Å². The SMILES string of the molecule is C[C@H](CC(=O)N[C@H](C)CC(=O)N[C@@H](CCCCN)C(=O)O)NC(=O)C[C@@H](C)NC(=O)C[C@@H](C)NC(=O)[C@H](C)NC(=O)[C@H](CCCN=C(N)N)NC(=O)CN. The molecule has 0 unspecified atom stereocenters. The van der Waals surface area contributed by atoms with Crippen molar-refractivity contribution in [2.24, 2.45) is 27.9 Å². The molecule has 0 aromatic rings. The van der Waals surface area contributed by atoms with Crippen LogP contribution in [0.1, 0.15) is 92.4 Å². The minimum atomic E-state index is -1.15. The quantitative estimate of drug-likeness (QED) is 0.0217. The summed E-state index contributed by atoms with van der Waals surface area (Å²) in [7, 11) is 0. The summed E-state index contributed by atoms with van der Waals surface area (Å²) in [6.45, 7) is 8.18. The number of rotatable bonds is 27. The number of nitrogens with one attached hydrogen (secondary N) is 7. The molecule has 0 aromatic heterocycles. The van der Waals surface area contributed by atoms with Crippen LogP contribution in [0.2, 0.25) is 0 Å². The zero-order valence-corrected chi connectivity index (χ0v) is 32.0. The molecule has 0 spiro atoms. The van der Waals surface area contributed by atoms with E-state index in [-0.39, 0.29) is 57.6 Å². The molecule has 0 aliphatic heterocycles. The molecule has 0 saturated heterocycles. The summed E-state index contributed by atoms with van der Waals surface area (Å²) < 4.78 is 0. The summed E-state index contributed by atoms with van der Waals surface area (Å²) in [6, 6.07) is -5.44. The summed E-state index contributed by atoms with van der Waals surface area (Å²) in [5.41, 5.74) is 21.4. The van der Waals surface area contributed by atoms with Gasteiger partial charge in [0.15, 0.2) is 5.96 Å². The number of nitrogens with zero attached hydrogens (tertiary/aromatic N) is 1. The highest BCUT2D eigenvalue weighted by atomic mass is 16.4. The molecule has 0 aromatic carbocycles. The number of amides is 7. The Morgan fingerprint density at radius 1 is 0.537 bits per heavy atom. The van der Waals surface area contributed by atoms with Gasteiger partial charge in [-0.3, -0.25) is 38.6 Å². The normalized spacial score (nSPS) is 14.6. The average Bonchev–Trinajstić information content (AvgIpc) is 3.04. The predicted molar refractivity (Wildman–Crippen MR) is 200 cm³/mol. The number of carbonyl (C=O) groups excluding carboxylic acids is 7. The van der Waals surface area contributed by atoms with E-state index >= 15 is 0 Å². The molecular weight excluding hydrogens is 708 g/mol. The third-order valence-electron chi connectivity index (χ3n) is 7.69. The van der Waals surface area contributed by atoms with E-state index in [1.807, 2.05) is 0 Å². The largest absolute Gasteiger partial charge is 0.480 e. The first-order valence-corrected chi connectivity index (χ1v) is 18.0. The molecule has 21 heteroatoms. The molecule has 21 nitrogen and oxygen atoms in total. The van der Waals surface area contributed by atoms with Crippen molar-refractivity contribution in [2.75, 3.05) is 19.6 Å². The summed E-state index contributed by atoms with van der Waals surface area (Å²) in [5, 5.41) is 27.5. The first kappa shape index (κ1) is 49.0. The maximum Gasteiger partial charge on any atom is 0.326 e. The second-order valence-corrected chi connectivity index (χ2v) is 13.4. The minimum Gasteiger partial charge on any atom is -0.480 e. The number of hydrogen-bond acceptors (Lipinski definition) is 11. The molecule has 7 atom stereocenters. The fraction of sp³-hybridized carbons (Fsp3) is 0.727. The van der Waals surface area contributed by atoms with Crippen LogP contribution in [-0.4, -0.2) is 120 Å². The molecule has 0 heterocycles. The van der Waals surface area contributed by atoms with Crippen molar-refractivity contribution in [3.05, 3.63) is 0 Å². The number of aliphatic carboxylic acids is 1. The van der Waals surface area contributed by atoms with Crippen molar-refractivity contribution >= 4 is 53.3 Å². The lowest BCUT2D eigenvalue weighted by molar-refractivity contribution is -0.142. The van der Waals surface area contributed by atoms with E-state index < -0.39 is 89.6 Å². The van der Waals surface area contributed by atoms with Gasteiger partial charge in [0.1, 0.15) is 18.1 Å². The van der Waals surface area contributed by atoms with E-state index in [0.717, 1.165) is 0 Å². The van der Waals surface area contributed by atoms with Crippen LogP contribution in [0.15, 0.2) is 4.99 Å². The molecule has 7 amide bonds. The minimum absolute atomic E-state index is 0.0895. The Kier molecular flexibility index (Phi) is 24.2. The topological polar surface area (TPSA) is 357 Å². The van der Waals surface area contributed by atoms with Crippen molar-refractivity contribution in [3.63, 3.8) is 0 Å². The number of nitrogens with two attached hydrogens (primary N) is 4. The number of aliphatic imine (C=N–C) groups is 1. The van der Waals surface area contributed by atoms with Crippen LogP contribution in [0, 0.1) is 0 Å². The van der Waals surface area contributed by atoms with E-state index in [4.69, 9.17) is 22.9 Å².